The summed E-state index contributed by atoms with van der Waals surface area (Å²) < 4.78 is 10.8. The van der Waals surface area contributed by atoms with Gasteiger partial charge in [-0.15, -0.1) is 0 Å². The summed E-state index contributed by atoms with van der Waals surface area (Å²) in [6.07, 6.45) is 3.89. The van der Waals surface area contributed by atoms with Crippen molar-refractivity contribution < 1.29 is 9.47 Å². The molecule has 2 N–H and O–H groups in total. The number of aromatic nitrogens is 1. The molecule has 7 heteroatoms. The first-order valence-electron chi connectivity index (χ1n) is 11.0. The number of methoxy groups -OCH3 is 2. The Bertz CT molecular complexity index is 1050. The van der Waals surface area contributed by atoms with E-state index in [2.05, 4.69) is 61.9 Å². The van der Waals surface area contributed by atoms with Crippen LogP contribution in [0.1, 0.15) is 18.4 Å². The second kappa shape index (κ2) is 10.2. The van der Waals surface area contributed by atoms with Crippen LogP contribution >= 0.6 is 0 Å². The minimum absolute atomic E-state index is 0.371. The normalized spacial score (nSPS) is 15.0. The number of nitrogens with zero attached hydrogens (tertiary/aromatic N) is 3. The van der Waals surface area contributed by atoms with Crippen LogP contribution in [0.25, 0.3) is 10.9 Å². The number of rotatable bonds is 6. The summed E-state index contributed by atoms with van der Waals surface area (Å²) in [6.45, 7) is 2.59. The second-order valence-corrected chi connectivity index (χ2v) is 7.89. The van der Waals surface area contributed by atoms with Crippen LogP contribution in [0.15, 0.2) is 59.7 Å². The Morgan fingerprint density at radius 2 is 1.78 bits per heavy atom. The molecule has 1 saturated heterocycles. The highest BCUT2D eigenvalue weighted by molar-refractivity contribution is 5.83. The van der Waals surface area contributed by atoms with Crippen molar-refractivity contribution in [1.29, 1.82) is 0 Å². The van der Waals surface area contributed by atoms with Crippen LogP contribution < -0.4 is 25.0 Å². The number of anilines is 1. The molecule has 3 aromatic rings. The zero-order valence-corrected chi connectivity index (χ0v) is 19.0. The number of fused-ring (bicyclic) bond motifs is 1. The Labute approximate surface area is 189 Å². The third kappa shape index (κ3) is 5.04. The van der Waals surface area contributed by atoms with Crippen molar-refractivity contribution in [1.82, 2.24) is 15.6 Å². The van der Waals surface area contributed by atoms with Gasteiger partial charge in [-0.3, -0.25) is 9.98 Å². The van der Waals surface area contributed by atoms with Gasteiger partial charge in [0.1, 0.15) is 11.5 Å². The summed E-state index contributed by atoms with van der Waals surface area (Å²) >= 11 is 0. The number of piperidine rings is 1. The summed E-state index contributed by atoms with van der Waals surface area (Å²) in [5.41, 5.74) is 3.32. The van der Waals surface area contributed by atoms with Crippen LogP contribution in [0.3, 0.4) is 0 Å². The standard InChI is InChI=1S/C25H31N5O2/c1-26-25(28-17-19-7-4-6-18-8-5-11-27-24(18)19)29-20-9-12-30(13-10-20)21-14-22(31-2)16-23(15-21)32-3/h4-8,11,14-16,20H,9-10,12-13,17H2,1-3H3,(H2,26,28,29). The number of guanidine groups is 1. The molecule has 1 fully saturated rings. The van der Waals surface area contributed by atoms with Crippen LogP contribution in [0, 0.1) is 0 Å². The number of pyridine rings is 1. The molecule has 0 bridgehead atoms. The first-order valence-corrected chi connectivity index (χ1v) is 11.0. The van der Waals surface area contributed by atoms with Crippen molar-refractivity contribution in [2.45, 2.75) is 25.4 Å². The summed E-state index contributed by atoms with van der Waals surface area (Å²) in [5.74, 6) is 2.44. The van der Waals surface area contributed by atoms with Gasteiger partial charge in [0.25, 0.3) is 0 Å². The highest BCUT2D eigenvalue weighted by Gasteiger charge is 2.21. The molecule has 7 nitrogen and oxygen atoms in total. The van der Waals surface area contributed by atoms with Gasteiger partial charge in [-0.05, 0) is 24.5 Å². The van der Waals surface area contributed by atoms with Gasteiger partial charge >= 0.3 is 0 Å². The molecule has 1 aliphatic heterocycles. The van der Waals surface area contributed by atoms with E-state index >= 15 is 0 Å². The fourth-order valence-electron chi connectivity index (χ4n) is 4.13. The average Bonchev–Trinajstić information content (AvgIpc) is 2.86. The highest BCUT2D eigenvalue weighted by Crippen LogP contribution is 2.30. The second-order valence-electron chi connectivity index (χ2n) is 7.89. The van der Waals surface area contributed by atoms with E-state index in [-0.39, 0.29) is 0 Å². The molecule has 0 spiro atoms. The molecule has 4 rings (SSSR count). The van der Waals surface area contributed by atoms with Gasteiger partial charge in [-0.1, -0.05) is 24.3 Å². The highest BCUT2D eigenvalue weighted by atomic mass is 16.5. The number of nitrogens with one attached hydrogen (secondary N) is 2. The van der Waals surface area contributed by atoms with Crippen molar-refractivity contribution in [2.24, 2.45) is 4.99 Å². The van der Waals surface area contributed by atoms with Gasteiger partial charge in [0.05, 0.1) is 19.7 Å². The monoisotopic (exact) mass is 433 g/mol. The summed E-state index contributed by atoms with van der Waals surface area (Å²) in [5, 5.41) is 8.18. The van der Waals surface area contributed by atoms with Crippen LogP contribution in [-0.4, -0.2) is 51.3 Å². The van der Waals surface area contributed by atoms with E-state index in [9.17, 15) is 0 Å². The summed E-state index contributed by atoms with van der Waals surface area (Å²) in [7, 11) is 5.18. The van der Waals surface area contributed by atoms with E-state index in [4.69, 9.17) is 9.47 Å². The number of benzene rings is 2. The molecule has 0 unspecified atom stereocenters. The maximum Gasteiger partial charge on any atom is 0.191 e. The van der Waals surface area contributed by atoms with Gasteiger partial charge in [0.15, 0.2) is 5.96 Å². The minimum atomic E-state index is 0.371. The lowest BCUT2D eigenvalue weighted by atomic mass is 10.0. The van der Waals surface area contributed by atoms with E-state index < -0.39 is 0 Å². The fourth-order valence-corrected chi connectivity index (χ4v) is 4.13. The molecule has 1 aromatic heterocycles. The maximum atomic E-state index is 5.42. The lowest BCUT2D eigenvalue weighted by molar-refractivity contribution is 0.393. The molecule has 0 saturated carbocycles. The molecule has 32 heavy (non-hydrogen) atoms. The first kappa shape index (κ1) is 21.7. The average molecular weight is 434 g/mol. The van der Waals surface area contributed by atoms with Crippen molar-refractivity contribution in [2.75, 3.05) is 39.3 Å². The number of hydrogen-bond acceptors (Lipinski definition) is 5. The Morgan fingerprint density at radius 1 is 1.06 bits per heavy atom. The molecule has 0 radical (unpaired) electrons. The van der Waals surface area contributed by atoms with Crippen LogP contribution in [-0.2, 0) is 6.54 Å². The quantitative estimate of drug-likeness (QED) is 0.457. The number of aliphatic imine (C=N–C) groups is 1. The molecule has 0 amide bonds. The van der Waals surface area contributed by atoms with E-state index in [1.54, 1.807) is 14.2 Å². The molecule has 2 aromatic carbocycles. The molecule has 168 valence electrons. The zero-order valence-electron chi connectivity index (χ0n) is 19.0. The number of ether oxygens (including phenoxy) is 2. The number of para-hydroxylation sites is 1. The van der Waals surface area contributed by atoms with E-state index in [1.165, 1.54) is 0 Å². The fraction of sp³-hybridized carbons (Fsp3) is 0.360. The van der Waals surface area contributed by atoms with E-state index in [0.717, 1.165) is 65.5 Å². The van der Waals surface area contributed by atoms with Gasteiger partial charge in [-0.25, -0.2) is 0 Å². The molecule has 1 aliphatic rings. The van der Waals surface area contributed by atoms with Gasteiger partial charge in [0.2, 0.25) is 0 Å². The number of hydrogen-bond donors (Lipinski definition) is 2. The van der Waals surface area contributed by atoms with Gasteiger partial charge in [0, 0.05) is 68.2 Å². The largest absolute Gasteiger partial charge is 0.497 e. The summed E-state index contributed by atoms with van der Waals surface area (Å²) in [4.78, 5) is 11.3. The Morgan fingerprint density at radius 3 is 2.47 bits per heavy atom. The third-order valence-electron chi connectivity index (χ3n) is 5.92. The topological polar surface area (TPSA) is 71.0 Å². The molecular weight excluding hydrogens is 402 g/mol. The minimum Gasteiger partial charge on any atom is -0.497 e. The van der Waals surface area contributed by atoms with Crippen molar-refractivity contribution in [3.63, 3.8) is 0 Å². The molecular formula is C25H31N5O2. The van der Waals surface area contributed by atoms with Gasteiger partial charge < -0.3 is 25.0 Å². The molecule has 0 aliphatic carbocycles. The van der Waals surface area contributed by atoms with E-state index in [0.29, 0.717) is 12.6 Å². The smallest absolute Gasteiger partial charge is 0.191 e. The first-order chi connectivity index (χ1) is 15.7. The lowest BCUT2D eigenvalue weighted by Gasteiger charge is -2.34. The molecule has 0 atom stereocenters. The molecule has 2 heterocycles. The Balaban J connectivity index is 1.33. The zero-order chi connectivity index (χ0) is 22.3. The lowest BCUT2D eigenvalue weighted by Crippen LogP contribution is -2.48. The van der Waals surface area contributed by atoms with Crippen LogP contribution in [0.4, 0.5) is 5.69 Å². The van der Waals surface area contributed by atoms with Crippen molar-refractivity contribution >= 4 is 22.5 Å². The van der Waals surface area contributed by atoms with Crippen molar-refractivity contribution in [3.8, 4) is 11.5 Å². The van der Waals surface area contributed by atoms with Crippen LogP contribution in [0.5, 0.6) is 11.5 Å². The van der Waals surface area contributed by atoms with Crippen molar-refractivity contribution in [3.05, 3.63) is 60.3 Å². The SMILES string of the molecule is CN=C(NCc1cccc2cccnc12)NC1CCN(c2cc(OC)cc(OC)c2)CC1. The van der Waals surface area contributed by atoms with Gasteiger partial charge in [-0.2, -0.15) is 0 Å². The van der Waals surface area contributed by atoms with Crippen LogP contribution in [0.2, 0.25) is 0 Å². The van der Waals surface area contributed by atoms with E-state index in [1.807, 2.05) is 25.4 Å². The summed E-state index contributed by atoms with van der Waals surface area (Å²) in [6, 6.07) is 16.7. The Kier molecular flexibility index (Phi) is 6.94. The predicted octanol–water partition coefficient (Wildman–Crippen LogP) is 3.59. The Hall–Kier alpha value is -3.48. The third-order valence-corrected chi connectivity index (χ3v) is 5.92. The predicted molar refractivity (Wildman–Crippen MR) is 130 cm³/mol. The maximum absolute atomic E-state index is 5.42.